The quantitative estimate of drug-likeness (QED) is 0.385. The fourth-order valence-corrected chi connectivity index (χ4v) is 2.67. The van der Waals surface area contributed by atoms with Crippen molar-refractivity contribution in [1.82, 2.24) is 4.90 Å². The molecular formula is C21H27N3O6. The highest BCUT2D eigenvalue weighted by Crippen LogP contribution is 2.14. The fourth-order valence-electron chi connectivity index (χ4n) is 2.67. The maximum Gasteiger partial charge on any atom is 0.410 e. The van der Waals surface area contributed by atoms with Crippen LogP contribution < -0.4 is 11.1 Å². The molecule has 2 aromatic rings. The van der Waals surface area contributed by atoms with Crippen molar-refractivity contribution in [2.24, 2.45) is 5.73 Å². The lowest BCUT2D eigenvalue weighted by atomic mass is 10.1. The summed E-state index contributed by atoms with van der Waals surface area (Å²) in [6, 6.07) is 12.5. The largest absolute Gasteiger partial charge is 0.508 e. The van der Waals surface area contributed by atoms with Crippen molar-refractivity contribution in [2.45, 2.75) is 19.1 Å². The Labute approximate surface area is 174 Å². The number of nitrogens with one attached hydrogen (secondary N) is 1. The summed E-state index contributed by atoms with van der Waals surface area (Å²) in [7, 11) is 0. The molecular weight excluding hydrogens is 390 g/mol. The van der Waals surface area contributed by atoms with Crippen molar-refractivity contribution in [1.29, 1.82) is 0 Å². The molecule has 2 amide bonds. The van der Waals surface area contributed by atoms with E-state index in [9.17, 15) is 14.7 Å². The zero-order chi connectivity index (χ0) is 21.9. The van der Waals surface area contributed by atoms with Gasteiger partial charge in [0.05, 0.1) is 19.3 Å². The second-order valence-corrected chi connectivity index (χ2v) is 6.65. The number of carbonyl (C=O) groups is 2. The van der Waals surface area contributed by atoms with Crippen molar-refractivity contribution >= 4 is 17.7 Å². The molecule has 0 bridgehead atoms. The number of nitrogens with two attached hydrogens (primary N) is 1. The Balaban J connectivity index is 1.83. The van der Waals surface area contributed by atoms with Crippen molar-refractivity contribution in [3.05, 3.63) is 59.7 Å². The first kappa shape index (κ1) is 23.1. The molecule has 0 radical (unpaired) electrons. The highest BCUT2D eigenvalue weighted by molar-refractivity contribution is 5.94. The minimum Gasteiger partial charge on any atom is -0.508 e. The van der Waals surface area contributed by atoms with E-state index in [-0.39, 0.29) is 44.6 Å². The zero-order valence-corrected chi connectivity index (χ0v) is 16.5. The summed E-state index contributed by atoms with van der Waals surface area (Å²) in [4.78, 5) is 25.4. The van der Waals surface area contributed by atoms with E-state index in [1.165, 1.54) is 4.90 Å². The summed E-state index contributed by atoms with van der Waals surface area (Å²) in [5, 5.41) is 29.9. The van der Waals surface area contributed by atoms with Gasteiger partial charge in [0.15, 0.2) is 0 Å². The molecule has 0 aliphatic carbocycles. The lowest BCUT2D eigenvalue weighted by Gasteiger charge is -2.20. The molecule has 9 nitrogen and oxygen atoms in total. The Kier molecular flexibility index (Phi) is 9.07. The van der Waals surface area contributed by atoms with Crippen LogP contribution in [0.25, 0.3) is 0 Å². The number of nitrogens with zero attached hydrogens (tertiary/aromatic N) is 1. The summed E-state index contributed by atoms with van der Waals surface area (Å²) in [5.41, 5.74) is 8.05. The van der Waals surface area contributed by atoms with E-state index in [0.29, 0.717) is 17.7 Å². The smallest absolute Gasteiger partial charge is 0.410 e. The van der Waals surface area contributed by atoms with Crippen molar-refractivity contribution < 1.29 is 29.6 Å². The molecule has 0 unspecified atom stereocenters. The van der Waals surface area contributed by atoms with Crippen LogP contribution in [0.5, 0.6) is 5.75 Å². The van der Waals surface area contributed by atoms with Gasteiger partial charge in [0, 0.05) is 18.8 Å². The van der Waals surface area contributed by atoms with Crippen LogP contribution in [0.1, 0.15) is 11.1 Å². The van der Waals surface area contributed by atoms with E-state index in [2.05, 4.69) is 5.32 Å². The maximum atomic E-state index is 12.3. The highest BCUT2D eigenvalue weighted by Gasteiger charge is 2.15. The molecule has 0 aliphatic heterocycles. The van der Waals surface area contributed by atoms with Gasteiger partial charge < -0.3 is 36.0 Å². The summed E-state index contributed by atoms with van der Waals surface area (Å²) in [6.07, 6.45) is -0.297. The number of ether oxygens (including phenoxy) is 1. The second kappa shape index (κ2) is 11.8. The van der Waals surface area contributed by atoms with Gasteiger partial charge in [0.2, 0.25) is 5.91 Å². The molecule has 9 heteroatoms. The van der Waals surface area contributed by atoms with Gasteiger partial charge in [-0.05, 0) is 41.8 Å². The molecule has 162 valence electrons. The highest BCUT2D eigenvalue weighted by atomic mass is 16.6. The van der Waals surface area contributed by atoms with Crippen LogP contribution in [0.15, 0.2) is 48.5 Å². The molecule has 0 spiro atoms. The number of aromatic hydroxyl groups is 1. The number of anilines is 1. The SMILES string of the molecule is N[C@@H](Cc1ccc(O)cc1)C(=O)Nc1ccc(COC(=O)N(CCO)CCO)cc1. The molecule has 6 N–H and O–H groups in total. The van der Waals surface area contributed by atoms with Crippen LogP contribution in [0.3, 0.4) is 0 Å². The summed E-state index contributed by atoms with van der Waals surface area (Å²) < 4.78 is 5.17. The van der Waals surface area contributed by atoms with Crippen molar-refractivity contribution in [3.8, 4) is 5.75 Å². The first-order chi connectivity index (χ1) is 14.4. The molecule has 0 aromatic heterocycles. The van der Waals surface area contributed by atoms with Crippen LogP contribution in [0, 0.1) is 0 Å². The van der Waals surface area contributed by atoms with E-state index in [4.69, 9.17) is 20.7 Å². The minimum absolute atomic E-state index is 0.0147. The Morgan fingerprint density at radius 1 is 0.967 bits per heavy atom. The second-order valence-electron chi connectivity index (χ2n) is 6.65. The van der Waals surface area contributed by atoms with E-state index < -0.39 is 12.1 Å². The maximum absolute atomic E-state index is 12.3. The lowest BCUT2D eigenvalue weighted by molar-refractivity contribution is -0.117. The van der Waals surface area contributed by atoms with Gasteiger partial charge in [-0.1, -0.05) is 24.3 Å². The van der Waals surface area contributed by atoms with Gasteiger partial charge >= 0.3 is 6.09 Å². The van der Waals surface area contributed by atoms with Crippen molar-refractivity contribution in [2.75, 3.05) is 31.6 Å². The number of rotatable bonds is 10. The monoisotopic (exact) mass is 417 g/mol. The third-order valence-corrected chi connectivity index (χ3v) is 4.31. The number of benzene rings is 2. The number of phenols is 1. The van der Waals surface area contributed by atoms with E-state index in [1.54, 1.807) is 48.5 Å². The van der Waals surface area contributed by atoms with E-state index in [1.807, 2.05) is 0 Å². The molecule has 2 aromatic carbocycles. The molecule has 0 fully saturated rings. The average molecular weight is 417 g/mol. The molecule has 0 aliphatic rings. The fraction of sp³-hybridized carbons (Fsp3) is 0.333. The number of aliphatic hydroxyl groups is 2. The van der Waals surface area contributed by atoms with Crippen LogP contribution in [0.2, 0.25) is 0 Å². The van der Waals surface area contributed by atoms with Gasteiger partial charge in [-0.2, -0.15) is 0 Å². The predicted molar refractivity (Wildman–Crippen MR) is 111 cm³/mol. The number of carbonyl (C=O) groups excluding carboxylic acids is 2. The Hall–Kier alpha value is -3.14. The number of hydrogen-bond acceptors (Lipinski definition) is 7. The van der Waals surface area contributed by atoms with E-state index >= 15 is 0 Å². The van der Waals surface area contributed by atoms with Gasteiger partial charge in [-0.15, -0.1) is 0 Å². The van der Waals surface area contributed by atoms with Gasteiger partial charge in [0.25, 0.3) is 0 Å². The van der Waals surface area contributed by atoms with Crippen LogP contribution in [0.4, 0.5) is 10.5 Å². The predicted octanol–water partition coefficient (Wildman–Crippen LogP) is 0.824. The van der Waals surface area contributed by atoms with Gasteiger partial charge in [-0.25, -0.2) is 4.79 Å². The summed E-state index contributed by atoms with van der Waals surface area (Å²) in [6.45, 7) is -0.277. The first-order valence-electron chi connectivity index (χ1n) is 9.49. The molecule has 0 saturated heterocycles. The molecule has 30 heavy (non-hydrogen) atoms. The van der Waals surface area contributed by atoms with Gasteiger partial charge in [0.1, 0.15) is 12.4 Å². The topological polar surface area (TPSA) is 145 Å². The Bertz CT molecular complexity index is 804. The average Bonchev–Trinajstić information content (AvgIpc) is 2.74. The number of amides is 2. The summed E-state index contributed by atoms with van der Waals surface area (Å²) in [5.74, 6) is -0.192. The normalized spacial score (nSPS) is 11.6. The number of aliphatic hydroxyl groups excluding tert-OH is 2. The molecule has 0 saturated carbocycles. The molecule has 2 rings (SSSR count). The third kappa shape index (κ3) is 7.36. The zero-order valence-electron chi connectivity index (χ0n) is 16.5. The third-order valence-electron chi connectivity index (χ3n) is 4.31. The lowest BCUT2D eigenvalue weighted by Crippen LogP contribution is -2.37. The van der Waals surface area contributed by atoms with Crippen LogP contribution >= 0.6 is 0 Å². The first-order valence-corrected chi connectivity index (χ1v) is 9.49. The van der Waals surface area contributed by atoms with Crippen LogP contribution in [-0.2, 0) is 22.6 Å². The minimum atomic E-state index is -0.751. The van der Waals surface area contributed by atoms with Crippen molar-refractivity contribution in [3.63, 3.8) is 0 Å². The summed E-state index contributed by atoms with van der Waals surface area (Å²) >= 11 is 0. The standard InChI is InChI=1S/C21H27N3O6/c22-19(13-15-3-7-18(27)8-4-15)20(28)23-17-5-1-16(2-6-17)14-30-21(29)24(9-11-25)10-12-26/h1-8,19,25-27H,9-14,22H2,(H,23,28)/t19-/m0/s1. The molecule has 0 heterocycles. The number of phenolic OH excluding ortho intramolecular Hbond substituents is 1. The van der Waals surface area contributed by atoms with Gasteiger partial charge in [-0.3, -0.25) is 4.79 Å². The Morgan fingerprint density at radius 3 is 2.10 bits per heavy atom. The number of hydrogen-bond donors (Lipinski definition) is 5. The Morgan fingerprint density at radius 2 is 1.53 bits per heavy atom. The molecule has 1 atom stereocenters. The van der Waals surface area contributed by atoms with Crippen LogP contribution in [-0.4, -0.2) is 64.6 Å². The van der Waals surface area contributed by atoms with E-state index in [0.717, 1.165) is 5.56 Å².